The predicted octanol–water partition coefficient (Wildman–Crippen LogP) is 5.32. The number of hydrogen-bond donors (Lipinski definition) is 1. The number of rotatable bonds is 6. The number of carbonyl (C=O) groups is 2. The lowest BCUT2D eigenvalue weighted by Gasteiger charge is -2.18. The first-order valence-electron chi connectivity index (χ1n) is 10.9. The van der Waals surface area contributed by atoms with Crippen molar-refractivity contribution in [2.75, 3.05) is 5.32 Å². The van der Waals surface area contributed by atoms with Gasteiger partial charge in [0.1, 0.15) is 0 Å². The topological polar surface area (TPSA) is 81.1 Å². The first kappa shape index (κ1) is 23.4. The summed E-state index contributed by atoms with van der Waals surface area (Å²) >= 11 is 1.22. The van der Waals surface area contributed by atoms with Gasteiger partial charge >= 0.3 is 0 Å². The van der Waals surface area contributed by atoms with Crippen LogP contribution in [0.4, 0.5) is 5.69 Å². The summed E-state index contributed by atoms with van der Waals surface area (Å²) in [6, 6.07) is 19.8. The van der Waals surface area contributed by atoms with Crippen LogP contribution in [0.1, 0.15) is 35.3 Å². The van der Waals surface area contributed by atoms with Gasteiger partial charge in [0, 0.05) is 11.3 Å². The van der Waals surface area contributed by atoms with Crippen molar-refractivity contribution in [3.8, 4) is 5.69 Å². The summed E-state index contributed by atoms with van der Waals surface area (Å²) in [5.41, 5.74) is 4.25. The van der Waals surface area contributed by atoms with E-state index >= 15 is 0 Å². The van der Waals surface area contributed by atoms with Crippen molar-refractivity contribution >= 4 is 40.0 Å². The van der Waals surface area contributed by atoms with Gasteiger partial charge in [0.2, 0.25) is 5.91 Å². The van der Waals surface area contributed by atoms with Crippen LogP contribution in [0.25, 0.3) is 16.6 Å². The molecule has 0 saturated carbocycles. The average Bonchev–Trinajstić information content (AvgIpc) is 2.82. The van der Waals surface area contributed by atoms with Crippen LogP contribution in [-0.2, 0) is 4.79 Å². The van der Waals surface area contributed by atoms with Gasteiger partial charge in [-0.15, -0.1) is 0 Å². The van der Waals surface area contributed by atoms with Crippen LogP contribution in [0.3, 0.4) is 0 Å². The van der Waals surface area contributed by atoms with Crippen molar-refractivity contribution < 1.29 is 9.59 Å². The Balaban J connectivity index is 1.73. The Hall–Kier alpha value is -3.71. The Labute approximate surface area is 202 Å². The second kappa shape index (κ2) is 9.65. The highest BCUT2D eigenvalue weighted by Gasteiger charge is 2.21. The maximum Gasteiger partial charge on any atom is 0.266 e. The average molecular weight is 472 g/mol. The van der Waals surface area contributed by atoms with Crippen molar-refractivity contribution in [3.63, 3.8) is 0 Å². The van der Waals surface area contributed by atoms with E-state index in [4.69, 9.17) is 4.98 Å². The summed E-state index contributed by atoms with van der Waals surface area (Å²) < 4.78 is 1.59. The molecule has 0 radical (unpaired) electrons. The largest absolute Gasteiger partial charge is 0.325 e. The lowest BCUT2D eigenvalue weighted by Crippen LogP contribution is -2.26. The van der Waals surface area contributed by atoms with Gasteiger partial charge in [0.15, 0.2) is 10.9 Å². The molecule has 1 unspecified atom stereocenters. The Kier molecular flexibility index (Phi) is 6.65. The minimum Gasteiger partial charge on any atom is -0.325 e. The number of para-hydroxylation sites is 1. The Bertz CT molecular complexity index is 1480. The molecule has 0 spiro atoms. The van der Waals surface area contributed by atoms with E-state index in [0.29, 0.717) is 27.3 Å². The third-order valence-electron chi connectivity index (χ3n) is 5.75. The summed E-state index contributed by atoms with van der Waals surface area (Å²) in [5, 5.41) is 3.27. The minimum absolute atomic E-state index is 0.0728. The standard InChI is InChI=1S/C27H25N3O3S/c1-16-9-7-14-24(17(16)2)30-26(33)22-12-5-6-13-23(22)29-27(30)34-19(4)25(32)28-21-11-8-10-20(15-21)18(3)31/h5-15,19H,1-4H3,(H,28,32). The van der Waals surface area contributed by atoms with Crippen molar-refractivity contribution in [3.05, 3.63) is 93.8 Å². The summed E-state index contributed by atoms with van der Waals surface area (Å²) in [4.78, 5) is 42.9. The molecule has 0 saturated heterocycles. The lowest BCUT2D eigenvalue weighted by atomic mass is 10.1. The molecular weight excluding hydrogens is 446 g/mol. The number of nitrogens with one attached hydrogen (secondary N) is 1. The summed E-state index contributed by atoms with van der Waals surface area (Å²) in [6.45, 7) is 7.22. The fourth-order valence-electron chi connectivity index (χ4n) is 3.65. The number of benzene rings is 3. The molecule has 34 heavy (non-hydrogen) atoms. The SMILES string of the molecule is CC(=O)c1cccc(NC(=O)C(C)Sc2nc3ccccc3c(=O)n2-c2cccc(C)c2C)c1. The molecule has 6 nitrogen and oxygen atoms in total. The van der Waals surface area contributed by atoms with Gasteiger partial charge in [-0.2, -0.15) is 0 Å². The number of carbonyl (C=O) groups excluding carboxylic acids is 2. The molecule has 3 aromatic carbocycles. The Morgan fingerprint density at radius 3 is 2.50 bits per heavy atom. The highest BCUT2D eigenvalue weighted by Crippen LogP contribution is 2.28. The van der Waals surface area contributed by atoms with Gasteiger partial charge in [0.05, 0.1) is 21.8 Å². The zero-order valence-electron chi connectivity index (χ0n) is 19.5. The normalized spacial score (nSPS) is 11.9. The van der Waals surface area contributed by atoms with Gasteiger partial charge in [0.25, 0.3) is 5.56 Å². The molecule has 1 N–H and O–H groups in total. The molecule has 7 heteroatoms. The molecule has 1 heterocycles. The van der Waals surface area contributed by atoms with E-state index in [1.165, 1.54) is 18.7 Å². The number of hydrogen-bond acceptors (Lipinski definition) is 5. The van der Waals surface area contributed by atoms with E-state index < -0.39 is 5.25 Å². The molecule has 4 rings (SSSR count). The first-order chi connectivity index (χ1) is 16.3. The number of aryl methyl sites for hydroxylation is 1. The quantitative estimate of drug-likeness (QED) is 0.234. The van der Waals surface area contributed by atoms with E-state index in [1.54, 1.807) is 47.9 Å². The molecule has 1 aromatic heterocycles. The second-order valence-electron chi connectivity index (χ2n) is 8.16. The number of nitrogens with zero attached hydrogens (tertiary/aromatic N) is 2. The maximum atomic E-state index is 13.5. The lowest BCUT2D eigenvalue weighted by molar-refractivity contribution is -0.115. The fraction of sp³-hybridized carbons (Fsp3) is 0.185. The van der Waals surface area contributed by atoms with Gasteiger partial charge < -0.3 is 5.32 Å². The molecular formula is C27H25N3O3S. The molecule has 1 atom stereocenters. The van der Waals surface area contributed by atoms with E-state index in [1.807, 2.05) is 44.2 Å². The molecule has 0 aliphatic rings. The van der Waals surface area contributed by atoms with Crippen molar-refractivity contribution in [1.82, 2.24) is 9.55 Å². The highest BCUT2D eigenvalue weighted by atomic mass is 32.2. The zero-order valence-corrected chi connectivity index (χ0v) is 20.3. The van der Waals surface area contributed by atoms with Gasteiger partial charge in [-0.1, -0.05) is 48.2 Å². The van der Waals surface area contributed by atoms with Gasteiger partial charge in [-0.05, 0) is 69.2 Å². The van der Waals surface area contributed by atoms with Crippen molar-refractivity contribution in [2.45, 2.75) is 38.1 Å². The number of Topliss-reactive ketones (excluding diaryl/α,β-unsaturated/α-hetero) is 1. The van der Waals surface area contributed by atoms with Gasteiger partial charge in [-0.3, -0.25) is 19.0 Å². The van der Waals surface area contributed by atoms with Crippen LogP contribution >= 0.6 is 11.8 Å². The van der Waals surface area contributed by atoms with E-state index in [9.17, 15) is 14.4 Å². The monoisotopic (exact) mass is 471 g/mol. The number of thioether (sulfide) groups is 1. The number of anilines is 1. The van der Waals surface area contributed by atoms with Crippen LogP contribution in [0, 0.1) is 13.8 Å². The smallest absolute Gasteiger partial charge is 0.266 e. The third kappa shape index (κ3) is 4.65. The molecule has 4 aromatic rings. The first-order valence-corrected chi connectivity index (χ1v) is 11.8. The van der Waals surface area contributed by atoms with Crippen LogP contribution in [0.5, 0.6) is 0 Å². The summed E-state index contributed by atoms with van der Waals surface area (Å²) in [6.07, 6.45) is 0. The van der Waals surface area contributed by atoms with Crippen molar-refractivity contribution in [1.29, 1.82) is 0 Å². The summed E-state index contributed by atoms with van der Waals surface area (Å²) in [5.74, 6) is -0.322. The molecule has 0 fully saturated rings. The Morgan fingerprint density at radius 1 is 1.00 bits per heavy atom. The molecule has 1 amide bonds. The van der Waals surface area contributed by atoms with E-state index in [-0.39, 0.29) is 17.2 Å². The third-order valence-corrected chi connectivity index (χ3v) is 6.80. The van der Waals surface area contributed by atoms with Crippen LogP contribution in [-0.4, -0.2) is 26.5 Å². The van der Waals surface area contributed by atoms with Crippen LogP contribution in [0.15, 0.2) is 76.7 Å². The Morgan fingerprint density at radius 2 is 1.74 bits per heavy atom. The van der Waals surface area contributed by atoms with Crippen LogP contribution in [0.2, 0.25) is 0 Å². The molecule has 172 valence electrons. The number of aromatic nitrogens is 2. The molecule has 0 aliphatic carbocycles. The number of ketones is 1. The summed E-state index contributed by atoms with van der Waals surface area (Å²) in [7, 11) is 0. The second-order valence-corrected chi connectivity index (χ2v) is 9.47. The number of fused-ring (bicyclic) bond motifs is 1. The zero-order chi connectivity index (χ0) is 24.4. The fourth-order valence-corrected chi connectivity index (χ4v) is 4.57. The molecule has 0 bridgehead atoms. The predicted molar refractivity (Wildman–Crippen MR) is 137 cm³/mol. The van der Waals surface area contributed by atoms with E-state index in [2.05, 4.69) is 5.32 Å². The van der Waals surface area contributed by atoms with Crippen LogP contribution < -0.4 is 10.9 Å². The van der Waals surface area contributed by atoms with E-state index in [0.717, 1.165) is 16.8 Å². The molecule has 0 aliphatic heterocycles. The van der Waals surface area contributed by atoms with Gasteiger partial charge in [-0.25, -0.2) is 4.98 Å². The maximum absolute atomic E-state index is 13.5. The minimum atomic E-state index is -0.551. The number of amides is 1. The van der Waals surface area contributed by atoms with Crippen molar-refractivity contribution in [2.24, 2.45) is 0 Å². The highest BCUT2D eigenvalue weighted by molar-refractivity contribution is 8.00.